The first-order chi connectivity index (χ1) is 10.4. The van der Waals surface area contributed by atoms with Crippen LogP contribution in [0.5, 0.6) is 0 Å². The molecule has 9 heteroatoms. The third-order valence-corrected chi connectivity index (χ3v) is 3.57. The molecule has 9 nitrogen and oxygen atoms in total. The predicted octanol–water partition coefficient (Wildman–Crippen LogP) is -1.88. The first kappa shape index (κ1) is 14.4. The summed E-state index contributed by atoms with van der Waals surface area (Å²) in [7, 11) is 2.85. The summed E-state index contributed by atoms with van der Waals surface area (Å²) in [6, 6.07) is 0. The number of nitrogens with zero attached hydrogens (tertiary/aromatic N) is 4. The van der Waals surface area contributed by atoms with Crippen molar-refractivity contribution in [3.8, 4) is 0 Å². The number of rotatable bonds is 2. The van der Waals surface area contributed by atoms with E-state index in [0.717, 1.165) is 4.57 Å². The molecule has 0 bridgehead atoms. The van der Waals surface area contributed by atoms with Gasteiger partial charge in [-0.05, 0) is 6.08 Å². The minimum Gasteiger partial charge on any atom is -0.483 e. The normalized spacial score (nSPS) is 21.0. The number of ether oxygens (including phenoxy) is 1. The lowest BCUT2D eigenvalue weighted by Crippen LogP contribution is -2.37. The predicted molar refractivity (Wildman–Crippen MR) is 76.0 cm³/mol. The van der Waals surface area contributed by atoms with Crippen LogP contribution in [0.1, 0.15) is 5.69 Å². The summed E-state index contributed by atoms with van der Waals surface area (Å²) in [5.74, 6) is 0.245. The minimum atomic E-state index is -0.954. The number of aliphatic hydroxyl groups excluding tert-OH is 2. The smallest absolute Gasteiger partial charge is 0.332 e. The summed E-state index contributed by atoms with van der Waals surface area (Å²) < 4.78 is 7.53. The van der Waals surface area contributed by atoms with Gasteiger partial charge in [0.15, 0.2) is 17.3 Å². The van der Waals surface area contributed by atoms with Crippen molar-refractivity contribution in [2.75, 3.05) is 6.61 Å². The quantitative estimate of drug-likeness (QED) is 0.666. The highest BCUT2D eigenvalue weighted by molar-refractivity contribution is 5.71. The van der Waals surface area contributed by atoms with Crippen LogP contribution >= 0.6 is 0 Å². The van der Waals surface area contributed by atoms with Crippen molar-refractivity contribution < 1.29 is 14.9 Å². The Balaban J connectivity index is 2.18. The molecule has 3 rings (SSSR count). The van der Waals surface area contributed by atoms with Gasteiger partial charge in [0.2, 0.25) is 0 Å². The van der Waals surface area contributed by atoms with Gasteiger partial charge in [-0.25, -0.2) is 14.8 Å². The molecule has 22 heavy (non-hydrogen) atoms. The van der Waals surface area contributed by atoms with Crippen molar-refractivity contribution in [2.45, 2.75) is 12.2 Å². The molecule has 0 amide bonds. The number of aromatic nitrogens is 4. The van der Waals surface area contributed by atoms with Crippen molar-refractivity contribution in [3.05, 3.63) is 38.8 Å². The molecule has 0 radical (unpaired) electrons. The molecule has 2 aromatic rings. The molecule has 2 atom stereocenters. The van der Waals surface area contributed by atoms with E-state index in [1.807, 2.05) is 0 Å². The summed E-state index contributed by atoms with van der Waals surface area (Å²) in [5, 5.41) is 18.8. The van der Waals surface area contributed by atoms with E-state index in [-0.39, 0.29) is 29.2 Å². The zero-order valence-electron chi connectivity index (χ0n) is 11.9. The molecule has 0 aliphatic carbocycles. The molecule has 1 aliphatic rings. The summed E-state index contributed by atoms with van der Waals surface area (Å²) in [6.07, 6.45) is 1.01. The lowest BCUT2D eigenvalue weighted by atomic mass is 10.2. The lowest BCUT2D eigenvalue weighted by molar-refractivity contribution is 0.0291. The van der Waals surface area contributed by atoms with E-state index in [9.17, 15) is 14.7 Å². The van der Waals surface area contributed by atoms with Gasteiger partial charge in [0, 0.05) is 14.1 Å². The van der Waals surface area contributed by atoms with Crippen molar-refractivity contribution in [2.24, 2.45) is 14.1 Å². The molecular formula is C13H14N4O5. The van der Waals surface area contributed by atoms with Gasteiger partial charge in [-0.1, -0.05) is 0 Å². The fourth-order valence-electron chi connectivity index (χ4n) is 2.27. The Hall–Kier alpha value is -2.52. The van der Waals surface area contributed by atoms with Crippen LogP contribution in [0.2, 0.25) is 0 Å². The van der Waals surface area contributed by atoms with Gasteiger partial charge in [0.25, 0.3) is 5.56 Å². The van der Waals surface area contributed by atoms with E-state index >= 15 is 0 Å². The van der Waals surface area contributed by atoms with Crippen LogP contribution in [0.3, 0.4) is 0 Å². The lowest BCUT2D eigenvalue weighted by Gasteiger charge is -2.12. The SMILES string of the molecule is Cn1c(=O)c2ncc(C3=C[C@H](O)[C@@H](CO)O3)nc2n(C)c1=O. The van der Waals surface area contributed by atoms with Gasteiger partial charge in [-0.2, -0.15) is 0 Å². The first-order valence-corrected chi connectivity index (χ1v) is 6.54. The van der Waals surface area contributed by atoms with E-state index in [2.05, 4.69) is 9.97 Å². The van der Waals surface area contributed by atoms with E-state index in [4.69, 9.17) is 9.84 Å². The molecule has 1 aliphatic heterocycles. The van der Waals surface area contributed by atoms with E-state index in [0.29, 0.717) is 0 Å². The molecule has 0 spiro atoms. The van der Waals surface area contributed by atoms with Gasteiger partial charge in [-0.3, -0.25) is 13.9 Å². The number of aliphatic hydroxyl groups is 2. The van der Waals surface area contributed by atoms with Crippen LogP contribution in [0.15, 0.2) is 21.9 Å². The highest BCUT2D eigenvalue weighted by Crippen LogP contribution is 2.25. The topological polar surface area (TPSA) is 119 Å². The van der Waals surface area contributed by atoms with E-state index in [1.165, 1.54) is 30.9 Å². The van der Waals surface area contributed by atoms with E-state index in [1.54, 1.807) is 0 Å². The van der Waals surface area contributed by atoms with Gasteiger partial charge in [0.1, 0.15) is 17.6 Å². The third-order valence-electron chi connectivity index (χ3n) is 3.57. The first-order valence-electron chi connectivity index (χ1n) is 6.54. The fourth-order valence-corrected chi connectivity index (χ4v) is 2.27. The maximum atomic E-state index is 12.0. The maximum absolute atomic E-state index is 12.0. The number of hydrogen-bond donors (Lipinski definition) is 2. The number of fused-ring (bicyclic) bond motifs is 1. The van der Waals surface area contributed by atoms with Crippen LogP contribution in [0.25, 0.3) is 16.9 Å². The van der Waals surface area contributed by atoms with Crippen LogP contribution in [-0.4, -0.2) is 48.1 Å². The number of aryl methyl sites for hydroxylation is 1. The molecule has 2 N–H and O–H groups in total. The van der Waals surface area contributed by atoms with Crippen LogP contribution in [0.4, 0.5) is 0 Å². The van der Waals surface area contributed by atoms with Crippen molar-refractivity contribution >= 4 is 16.9 Å². The van der Waals surface area contributed by atoms with Gasteiger partial charge in [0.05, 0.1) is 12.8 Å². The van der Waals surface area contributed by atoms with Crippen LogP contribution in [0, 0.1) is 0 Å². The zero-order valence-corrected chi connectivity index (χ0v) is 11.9. The molecule has 0 unspecified atom stereocenters. The van der Waals surface area contributed by atoms with Crippen molar-refractivity contribution in [3.63, 3.8) is 0 Å². The summed E-state index contributed by atoms with van der Waals surface area (Å²) in [6.45, 7) is -0.346. The summed E-state index contributed by atoms with van der Waals surface area (Å²) in [4.78, 5) is 32.2. The monoisotopic (exact) mass is 306 g/mol. The van der Waals surface area contributed by atoms with Crippen LogP contribution < -0.4 is 11.2 Å². The van der Waals surface area contributed by atoms with E-state index < -0.39 is 23.5 Å². The Labute approximate surface area is 123 Å². The summed E-state index contributed by atoms with van der Waals surface area (Å²) in [5.41, 5.74) is -0.598. The Kier molecular flexibility index (Phi) is 3.30. The highest BCUT2D eigenvalue weighted by Gasteiger charge is 2.28. The molecule has 3 heterocycles. The van der Waals surface area contributed by atoms with Crippen LogP contribution in [-0.2, 0) is 18.8 Å². The molecule has 116 valence electrons. The Bertz CT molecular complexity index is 898. The Morgan fingerprint density at radius 2 is 2.05 bits per heavy atom. The molecule has 0 saturated carbocycles. The van der Waals surface area contributed by atoms with Gasteiger partial charge in [-0.15, -0.1) is 0 Å². The fraction of sp³-hybridized carbons (Fsp3) is 0.385. The maximum Gasteiger partial charge on any atom is 0.332 e. The number of hydrogen-bond acceptors (Lipinski definition) is 7. The second-order valence-corrected chi connectivity index (χ2v) is 4.99. The zero-order chi connectivity index (χ0) is 16.0. The Morgan fingerprint density at radius 3 is 2.68 bits per heavy atom. The molecule has 0 saturated heterocycles. The Morgan fingerprint density at radius 1 is 1.32 bits per heavy atom. The highest BCUT2D eigenvalue weighted by atomic mass is 16.5. The molecule has 2 aromatic heterocycles. The average molecular weight is 306 g/mol. The standard InChI is InChI=1S/C13H14N4O5/c1-16-11-10(12(20)17(2)13(16)21)14-4-6(15-11)8-3-7(19)9(5-18)22-8/h3-4,7,9,18-19H,5H2,1-2H3/t7-,9+/m0/s1. The second-order valence-electron chi connectivity index (χ2n) is 4.99. The van der Waals surface area contributed by atoms with Gasteiger partial charge < -0.3 is 14.9 Å². The molecular weight excluding hydrogens is 292 g/mol. The second kappa shape index (κ2) is 5.04. The minimum absolute atomic E-state index is 0.0613. The largest absolute Gasteiger partial charge is 0.483 e. The molecule has 0 aromatic carbocycles. The third kappa shape index (κ3) is 2.02. The van der Waals surface area contributed by atoms with Crippen molar-refractivity contribution in [1.29, 1.82) is 0 Å². The van der Waals surface area contributed by atoms with Gasteiger partial charge >= 0.3 is 5.69 Å². The average Bonchev–Trinajstić information content (AvgIpc) is 2.91. The summed E-state index contributed by atoms with van der Waals surface area (Å²) >= 11 is 0. The molecule has 0 fully saturated rings. The van der Waals surface area contributed by atoms with Crippen molar-refractivity contribution in [1.82, 2.24) is 19.1 Å².